The first-order chi connectivity index (χ1) is 4.66. The molecule has 0 nitrogen and oxygen atoms in total. The van der Waals surface area contributed by atoms with E-state index in [1.54, 1.807) is 0 Å². The third kappa shape index (κ3) is 1.33. The monoisotopic (exact) mass is 146 g/mol. The highest BCUT2D eigenvalue weighted by atomic mass is 19.1. The molecule has 0 aromatic rings. The second-order valence-electron chi connectivity index (χ2n) is 2.88. The molecule has 0 amide bonds. The summed E-state index contributed by atoms with van der Waals surface area (Å²) in [4.78, 5) is 0. The van der Waals surface area contributed by atoms with Gasteiger partial charge in [0.25, 0.3) is 0 Å². The smallest absolute Gasteiger partial charge is 0.117 e. The molecule has 62 valence electrons. The van der Waals surface area contributed by atoms with Crippen LogP contribution in [0.15, 0.2) is 0 Å². The lowest BCUT2D eigenvalue weighted by molar-refractivity contribution is 0.390. The van der Waals surface area contributed by atoms with E-state index < -0.39 is 5.67 Å². The molecule has 2 aliphatic rings. The van der Waals surface area contributed by atoms with Gasteiger partial charge < -0.3 is 0 Å². The van der Waals surface area contributed by atoms with Gasteiger partial charge in [-0.2, -0.15) is 0 Å². The summed E-state index contributed by atoms with van der Waals surface area (Å²) in [6.07, 6.45) is 1.69. The lowest BCUT2D eigenvalue weighted by atomic mass is 10.3. The zero-order valence-corrected chi connectivity index (χ0v) is 7.79. The number of hydrogen-bond donors (Lipinski definition) is 0. The molecule has 0 radical (unpaired) electrons. The van der Waals surface area contributed by atoms with Crippen LogP contribution in [0.25, 0.3) is 0 Å². The van der Waals surface area contributed by atoms with Crippen molar-refractivity contribution in [3.63, 3.8) is 0 Å². The first-order valence-electron chi connectivity index (χ1n) is 4.35. The van der Waals surface area contributed by atoms with Gasteiger partial charge in [0.2, 0.25) is 0 Å². The highest BCUT2D eigenvalue weighted by molar-refractivity contribution is 5.31. The van der Waals surface area contributed by atoms with Crippen molar-refractivity contribution in [1.82, 2.24) is 0 Å². The fourth-order valence-electron chi connectivity index (χ4n) is 1.10. The van der Waals surface area contributed by atoms with E-state index in [1.807, 2.05) is 34.6 Å². The Morgan fingerprint density at radius 2 is 1.10 bits per heavy atom. The Labute approximate surface area is 63.8 Å². The van der Waals surface area contributed by atoms with Crippen LogP contribution < -0.4 is 0 Å². The van der Waals surface area contributed by atoms with Gasteiger partial charge in [-0.15, -0.1) is 0 Å². The van der Waals surface area contributed by atoms with Gasteiger partial charge in [0, 0.05) is 5.41 Å². The summed E-state index contributed by atoms with van der Waals surface area (Å²) in [6.45, 7) is 10.0. The Hall–Kier alpha value is -0.0700. The molecule has 0 heterocycles. The third-order valence-corrected chi connectivity index (χ3v) is 2.17. The van der Waals surface area contributed by atoms with E-state index in [9.17, 15) is 4.39 Å². The molecule has 10 heavy (non-hydrogen) atoms. The van der Waals surface area contributed by atoms with Crippen LogP contribution in [-0.2, 0) is 0 Å². The van der Waals surface area contributed by atoms with Crippen LogP contribution >= 0.6 is 0 Å². The van der Waals surface area contributed by atoms with Gasteiger partial charge in [-0.1, -0.05) is 34.6 Å². The van der Waals surface area contributed by atoms with Crippen molar-refractivity contribution >= 4 is 0 Å². The third-order valence-electron chi connectivity index (χ3n) is 2.17. The number of hydrogen-bond acceptors (Lipinski definition) is 0. The van der Waals surface area contributed by atoms with Crippen LogP contribution in [0.1, 0.15) is 47.5 Å². The minimum Gasteiger partial charge on any atom is -0.243 e. The molecular weight excluding hydrogens is 127 g/mol. The summed E-state index contributed by atoms with van der Waals surface area (Å²) in [5, 5.41) is 0. The van der Waals surface area contributed by atoms with Gasteiger partial charge >= 0.3 is 0 Å². The highest BCUT2D eigenvalue weighted by Gasteiger charge is 2.82. The maximum atomic E-state index is 12.3. The standard InChI is InChI=1S/C5H7F.2C2H6/c1-4-2-5(4,6)3-4;2*1-2/h2-3H2,1H3;2*1-2H3. The van der Waals surface area contributed by atoms with E-state index >= 15 is 0 Å². The van der Waals surface area contributed by atoms with Crippen LogP contribution in [-0.4, -0.2) is 5.67 Å². The fraction of sp³-hybridized carbons (Fsp3) is 1.00. The van der Waals surface area contributed by atoms with Crippen molar-refractivity contribution in [3.05, 3.63) is 0 Å². The number of rotatable bonds is 0. The lowest BCUT2D eigenvalue weighted by Crippen LogP contribution is -1.75. The van der Waals surface area contributed by atoms with Crippen molar-refractivity contribution < 1.29 is 4.39 Å². The van der Waals surface area contributed by atoms with Crippen molar-refractivity contribution in [1.29, 1.82) is 0 Å². The van der Waals surface area contributed by atoms with Crippen LogP contribution in [0.4, 0.5) is 4.39 Å². The van der Waals surface area contributed by atoms with Crippen molar-refractivity contribution in [3.8, 4) is 0 Å². The lowest BCUT2D eigenvalue weighted by Gasteiger charge is -1.79. The summed E-state index contributed by atoms with van der Waals surface area (Å²) in [5.41, 5.74) is -0.458. The Morgan fingerprint density at radius 3 is 1.10 bits per heavy atom. The molecular formula is C9H19F. The van der Waals surface area contributed by atoms with Gasteiger partial charge in [0.1, 0.15) is 5.67 Å². The molecule has 0 atom stereocenters. The summed E-state index contributed by atoms with van der Waals surface area (Å²) in [5.74, 6) is 0. The van der Waals surface area contributed by atoms with Gasteiger partial charge in [0.05, 0.1) is 0 Å². The summed E-state index contributed by atoms with van der Waals surface area (Å²) >= 11 is 0. The molecule has 0 aliphatic heterocycles. The maximum absolute atomic E-state index is 12.3. The minimum absolute atomic E-state index is 0.188. The largest absolute Gasteiger partial charge is 0.243 e. The highest BCUT2D eigenvalue weighted by Crippen LogP contribution is 2.80. The average Bonchev–Trinajstić information content (AvgIpc) is 2.62. The van der Waals surface area contributed by atoms with E-state index in [-0.39, 0.29) is 5.41 Å². The Balaban J connectivity index is 0.000000180. The van der Waals surface area contributed by atoms with Crippen LogP contribution in [0.3, 0.4) is 0 Å². The second-order valence-corrected chi connectivity index (χ2v) is 2.88. The molecule has 1 heteroatoms. The normalized spacial score (nSPS) is 45.0. The Morgan fingerprint density at radius 1 is 1.00 bits per heavy atom. The molecule has 0 unspecified atom stereocenters. The SMILES string of the molecule is CC.CC.CC12CC1(F)C2. The molecule has 2 rings (SSSR count). The van der Waals surface area contributed by atoms with Crippen LogP contribution in [0.5, 0.6) is 0 Å². The molecule has 0 aromatic carbocycles. The van der Waals surface area contributed by atoms with E-state index in [0.29, 0.717) is 0 Å². The second kappa shape index (κ2) is 2.89. The summed E-state index contributed by atoms with van der Waals surface area (Å²) in [6, 6.07) is 0. The molecule has 0 spiro atoms. The zero-order valence-electron chi connectivity index (χ0n) is 7.79. The summed E-state index contributed by atoms with van der Waals surface area (Å²) < 4.78 is 12.3. The van der Waals surface area contributed by atoms with Crippen LogP contribution in [0.2, 0.25) is 0 Å². The Kier molecular flexibility index (Phi) is 2.87. The molecule has 0 aromatic heterocycles. The number of fused-ring (bicyclic) bond motifs is 1. The van der Waals surface area contributed by atoms with Gasteiger partial charge in [0.15, 0.2) is 0 Å². The van der Waals surface area contributed by atoms with E-state index in [0.717, 1.165) is 12.8 Å². The van der Waals surface area contributed by atoms with Gasteiger partial charge in [-0.05, 0) is 12.8 Å². The fourth-order valence-corrected chi connectivity index (χ4v) is 1.10. The van der Waals surface area contributed by atoms with Gasteiger partial charge in [-0.25, -0.2) is 4.39 Å². The predicted octanol–water partition coefficient (Wildman–Crippen LogP) is 3.56. The van der Waals surface area contributed by atoms with Gasteiger partial charge in [-0.3, -0.25) is 0 Å². The zero-order chi connectivity index (χ0) is 8.41. The molecule has 0 saturated heterocycles. The molecule has 2 aliphatic carbocycles. The Bertz CT molecular complexity index is 89.3. The minimum atomic E-state index is -0.646. The molecule has 2 saturated carbocycles. The molecule has 0 N–H and O–H groups in total. The van der Waals surface area contributed by atoms with Crippen LogP contribution in [0, 0.1) is 5.41 Å². The van der Waals surface area contributed by atoms with E-state index in [2.05, 4.69) is 0 Å². The number of alkyl halides is 1. The first-order valence-corrected chi connectivity index (χ1v) is 4.35. The van der Waals surface area contributed by atoms with Crippen molar-refractivity contribution in [2.75, 3.05) is 0 Å². The van der Waals surface area contributed by atoms with Crippen molar-refractivity contribution in [2.24, 2.45) is 5.41 Å². The summed E-state index contributed by atoms with van der Waals surface area (Å²) in [7, 11) is 0. The van der Waals surface area contributed by atoms with E-state index in [4.69, 9.17) is 0 Å². The predicted molar refractivity (Wildman–Crippen MR) is 43.9 cm³/mol. The maximum Gasteiger partial charge on any atom is 0.117 e. The van der Waals surface area contributed by atoms with Crippen molar-refractivity contribution in [2.45, 2.75) is 53.1 Å². The quantitative estimate of drug-likeness (QED) is 0.490. The number of halogens is 1. The average molecular weight is 146 g/mol. The molecule has 0 bridgehead atoms. The van der Waals surface area contributed by atoms with E-state index in [1.165, 1.54) is 0 Å². The topological polar surface area (TPSA) is 0 Å². The first kappa shape index (κ1) is 9.93. The molecule has 2 fully saturated rings.